The molecule has 0 aliphatic carbocycles. The van der Waals surface area contributed by atoms with Crippen molar-refractivity contribution in [1.29, 1.82) is 0 Å². The third-order valence-electron chi connectivity index (χ3n) is 2.52. The number of rotatable bonds is 3. The van der Waals surface area contributed by atoms with Gasteiger partial charge < -0.3 is 10.3 Å². The van der Waals surface area contributed by atoms with Crippen molar-refractivity contribution in [2.24, 2.45) is 5.73 Å². The van der Waals surface area contributed by atoms with Gasteiger partial charge in [-0.2, -0.15) is 4.98 Å². The molecule has 0 fully saturated rings. The summed E-state index contributed by atoms with van der Waals surface area (Å²) < 4.78 is 6.02. The molecule has 2 rings (SSSR count). The lowest BCUT2D eigenvalue weighted by molar-refractivity contribution is 0.359. The Labute approximate surface area is 119 Å². The Bertz CT molecular complexity index is 556. The Morgan fingerprint density at radius 3 is 2.72 bits per heavy atom. The molecule has 2 N–H and O–H groups in total. The van der Waals surface area contributed by atoms with Crippen LogP contribution in [0.3, 0.4) is 0 Å². The molecule has 0 saturated carbocycles. The Kier molecular flexibility index (Phi) is 4.04. The van der Waals surface area contributed by atoms with E-state index in [2.05, 4.69) is 26.1 Å². The van der Waals surface area contributed by atoms with Crippen LogP contribution in [0, 0.1) is 0 Å². The summed E-state index contributed by atoms with van der Waals surface area (Å²) in [5.74, 6) is 1.22. The highest BCUT2D eigenvalue weighted by Crippen LogP contribution is 2.28. The molecule has 0 aliphatic rings. The van der Waals surface area contributed by atoms with E-state index < -0.39 is 6.04 Å². The van der Waals surface area contributed by atoms with Gasteiger partial charge in [-0.1, -0.05) is 46.5 Å². The number of nitrogens with two attached hydrogens (primary N) is 1. The summed E-state index contributed by atoms with van der Waals surface area (Å²) in [5, 5.41) is 4.53. The van der Waals surface area contributed by atoms with E-state index in [1.54, 1.807) is 12.1 Å². The van der Waals surface area contributed by atoms with Gasteiger partial charge in [-0.3, -0.25) is 0 Å². The molecule has 1 atom stereocenters. The van der Waals surface area contributed by atoms with Crippen molar-refractivity contribution < 1.29 is 4.52 Å². The number of nitrogens with zero attached hydrogens (tertiary/aromatic N) is 2. The third kappa shape index (κ3) is 2.74. The maximum absolute atomic E-state index is 6.13. The number of halogens is 2. The van der Waals surface area contributed by atoms with Gasteiger partial charge in [-0.25, -0.2) is 0 Å². The van der Waals surface area contributed by atoms with Crippen LogP contribution in [-0.4, -0.2) is 10.1 Å². The van der Waals surface area contributed by atoms with Crippen LogP contribution in [-0.2, 0) is 0 Å². The number of hydrogen-bond donors (Lipinski definition) is 1. The predicted molar refractivity (Wildman–Crippen MR) is 73.6 cm³/mol. The maximum atomic E-state index is 6.13. The number of aromatic nitrogens is 2. The molecular weight excluding hydrogens is 318 g/mol. The van der Waals surface area contributed by atoms with Crippen LogP contribution >= 0.6 is 27.5 Å². The molecule has 1 aromatic carbocycles. The molecule has 0 radical (unpaired) electrons. The fourth-order valence-electron chi connectivity index (χ4n) is 1.50. The molecule has 1 aromatic heterocycles. The van der Waals surface area contributed by atoms with Crippen LogP contribution < -0.4 is 5.73 Å². The number of benzene rings is 1. The quantitative estimate of drug-likeness (QED) is 0.933. The van der Waals surface area contributed by atoms with Crippen LogP contribution in [0.15, 0.2) is 27.2 Å². The third-order valence-corrected chi connectivity index (χ3v) is 3.48. The molecular formula is C12H13BrClN3O. The van der Waals surface area contributed by atoms with E-state index in [0.29, 0.717) is 16.7 Å². The van der Waals surface area contributed by atoms with E-state index in [4.69, 9.17) is 21.9 Å². The van der Waals surface area contributed by atoms with Gasteiger partial charge in [-0.15, -0.1) is 0 Å². The monoisotopic (exact) mass is 329 g/mol. The highest BCUT2D eigenvalue weighted by Gasteiger charge is 2.19. The standard InChI is InChI=1S/C12H13BrClN3O/c1-6(2)12-16-11(17-18-12)10(15)8-5-7(14)3-4-9(8)13/h3-6,10H,15H2,1-2H3. The minimum atomic E-state index is -0.464. The van der Waals surface area contributed by atoms with Gasteiger partial charge in [-0.05, 0) is 23.8 Å². The average molecular weight is 331 g/mol. The minimum Gasteiger partial charge on any atom is -0.339 e. The fourth-order valence-corrected chi connectivity index (χ4v) is 2.17. The normalized spacial score (nSPS) is 13.0. The summed E-state index contributed by atoms with van der Waals surface area (Å²) in [6.45, 7) is 3.97. The first-order chi connectivity index (χ1) is 8.49. The van der Waals surface area contributed by atoms with Gasteiger partial charge >= 0.3 is 0 Å². The lowest BCUT2D eigenvalue weighted by atomic mass is 10.1. The zero-order valence-electron chi connectivity index (χ0n) is 10.0. The highest BCUT2D eigenvalue weighted by molar-refractivity contribution is 9.10. The molecule has 1 unspecified atom stereocenters. The fraction of sp³-hybridized carbons (Fsp3) is 0.333. The molecule has 4 nitrogen and oxygen atoms in total. The van der Waals surface area contributed by atoms with E-state index >= 15 is 0 Å². The van der Waals surface area contributed by atoms with Crippen LogP contribution in [0.25, 0.3) is 0 Å². The van der Waals surface area contributed by atoms with Crippen LogP contribution in [0.1, 0.15) is 43.1 Å². The molecule has 0 spiro atoms. The average Bonchev–Trinajstić information content (AvgIpc) is 2.81. The van der Waals surface area contributed by atoms with Gasteiger partial charge in [0, 0.05) is 15.4 Å². The first kappa shape index (κ1) is 13.5. The Hall–Kier alpha value is -0.910. The molecule has 0 aliphatic heterocycles. The molecule has 0 saturated heterocycles. The molecule has 1 heterocycles. The minimum absolute atomic E-state index is 0.182. The van der Waals surface area contributed by atoms with Crippen molar-refractivity contribution in [1.82, 2.24) is 10.1 Å². The van der Waals surface area contributed by atoms with E-state index in [0.717, 1.165) is 10.0 Å². The maximum Gasteiger partial charge on any atom is 0.229 e. The van der Waals surface area contributed by atoms with Crippen molar-refractivity contribution in [3.8, 4) is 0 Å². The van der Waals surface area contributed by atoms with Crippen LogP contribution in [0.4, 0.5) is 0 Å². The van der Waals surface area contributed by atoms with Crippen LogP contribution in [0.5, 0.6) is 0 Å². The smallest absolute Gasteiger partial charge is 0.229 e. The second-order valence-corrected chi connectivity index (χ2v) is 5.58. The molecule has 0 bridgehead atoms. The summed E-state index contributed by atoms with van der Waals surface area (Å²) in [6, 6.07) is 4.97. The second-order valence-electron chi connectivity index (χ2n) is 4.29. The molecule has 96 valence electrons. The van der Waals surface area contributed by atoms with E-state index in [-0.39, 0.29) is 5.92 Å². The zero-order valence-corrected chi connectivity index (χ0v) is 12.4. The Morgan fingerprint density at radius 2 is 2.11 bits per heavy atom. The molecule has 18 heavy (non-hydrogen) atoms. The first-order valence-electron chi connectivity index (χ1n) is 5.53. The Morgan fingerprint density at radius 1 is 1.39 bits per heavy atom. The van der Waals surface area contributed by atoms with Crippen molar-refractivity contribution in [3.63, 3.8) is 0 Å². The predicted octanol–water partition coefficient (Wildman–Crippen LogP) is 3.66. The lowest BCUT2D eigenvalue weighted by Crippen LogP contribution is -2.14. The van der Waals surface area contributed by atoms with Gasteiger partial charge in [0.25, 0.3) is 0 Å². The van der Waals surface area contributed by atoms with Crippen molar-refractivity contribution >= 4 is 27.5 Å². The number of hydrogen-bond acceptors (Lipinski definition) is 4. The van der Waals surface area contributed by atoms with E-state index in [1.807, 2.05) is 19.9 Å². The first-order valence-corrected chi connectivity index (χ1v) is 6.70. The van der Waals surface area contributed by atoms with Crippen LogP contribution in [0.2, 0.25) is 5.02 Å². The SMILES string of the molecule is CC(C)c1nc(C(N)c2cc(Cl)ccc2Br)no1. The highest BCUT2D eigenvalue weighted by atomic mass is 79.9. The second kappa shape index (κ2) is 5.38. The largest absolute Gasteiger partial charge is 0.339 e. The molecule has 0 amide bonds. The zero-order chi connectivity index (χ0) is 13.3. The van der Waals surface area contributed by atoms with Crippen molar-refractivity contribution in [3.05, 3.63) is 45.0 Å². The summed E-state index contributed by atoms with van der Waals surface area (Å²) in [5.41, 5.74) is 6.96. The van der Waals surface area contributed by atoms with Gasteiger partial charge in [0.1, 0.15) is 0 Å². The van der Waals surface area contributed by atoms with Gasteiger partial charge in [0.05, 0.1) is 6.04 Å². The summed E-state index contributed by atoms with van der Waals surface area (Å²) in [7, 11) is 0. The summed E-state index contributed by atoms with van der Waals surface area (Å²) in [4.78, 5) is 4.29. The van der Waals surface area contributed by atoms with E-state index in [9.17, 15) is 0 Å². The Balaban J connectivity index is 2.34. The summed E-state index contributed by atoms with van der Waals surface area (Å²) in [6.07, 6.45) is 0. The topological polar surface area (TPSA) is 64.9 Å². The van der Waals surface area contributed by atoms with Crippen molar-refractivity contribution in [2.45, 2.75) is 25.8 Å². The van der Waals surface area contributed by atoms with Gasteiger partial charge in [0.15, 0.2) is 5.82 Å². The molecule has 2 aromatic rings. The van der Waals surface area contributed by atoms with E-state index in [1.165, 1.54) is 0 Å². The lowest BCUT2D eigenvalue weighted by Gasteiger charge is -2.10. The van der Waals surface area contributed by atoms with Crippen molar-refractivity contribution in [2.75, 3.05) is 0 Å². The van der Waals surface area contributed by atoms with Gasteiger partial charge in [0.2, 0.25) is 5.89 Å². The molecule has 6 heteroatoms. The summed E-state index contributed by atoms with van der Waals surface area (Å²) >= 11 is 9.40.